The van der Waals surface area contributed by atoms with Crippen LogP contribution in [0.25, 0.3) is 16.7 Å². The zero-order chi connectivity index (χ0) is 11.8. The van der Waals surface area contributed by atoms with Crippen molar-refractivity contribution in [2.24, 2.45) is 0 Å². The highest BCUT2D eigenvalue weighted by atomic mass is 127. The molecular weight excluding hydrogens is 351 g/mol. The average molecular weight is 357 g/mol. The Labute approximate surface area is 116 Å². The van der Waals surface area contributed by atoms with E-state index in [1.54, 1.807) is 17.1 Å². The van der Waals surface area contributed by atoms with Gasteiger partial charge < -0.3 is 0 Å². The molecule has 0 fully saturated rings. The Balaban J connectivity index is 2.31. The van der Waals surface area contributed by atoms with Crippen LogP contribution in [0.1, 0.15) is 0 Å². The molecule has 0 aliphatic carbocycles. The summed E-state index contributed by atoms with van der Waals surface area (Å²) in [5, 5.41) is 5.41. The van der Waals surface area contributed by atoms with Crippen LogP contribution >= 0.6 is 34.2 Å². The SMILES string of the molecule is Clc1ncc2cnn(-c3ccccc3I)c2n1. The Hall–Kier alpha value is -1.21. The minimum absolute atomic E-state index is 0.227. The molecule has 4 nitrogen and oxygen atoms in total. The number of rotatable bonds is 1. The van der Waals surface area contributed by atoms with Gasteiger partial charge in [0, 0.05) is 9.77 Å². The van der Waals surface area contributed by atoms with Crippen LogP contribution in [0.15, 0.2) is 36.7 Å². The summed E-state index contributed by atoms with van der Waals surface area (Å²) in [5.74, 6) is 0. The maximum absolute atomic E-state index is 5.81. The van der Waals surface area contributed by atoms with Gasteiger partial charge in [0.2, 0.25) is 5.28 Å². The van der Waals surface area contributed by atoms with Crippen LogP contribution in [0.3, 0.4) is 0 Å². The summed E-state index contributed by atoms with van der Waals surface area (Å²) >= 11 is 8.08. The lowest BCUT2D eigenvalue weighted by Crippen LogP contribution is -2.00. The van der Waals surface area contributed by atoms with Crippen molar-refractivity contribution in [1.82, 2.24) is 19.7 Å². The molecule has 2 heterocycles. The minimum atomic E-state index is 0.227. The minimum Gasteiger partial charge on any atom is -0.226 e. The lowest BCUT2D eigenvalue weighted by atomic mass is 10.3. The standard InChI is InChI=1S/C11H6ClIN4/c12-11-14-5-7-6-15-17(10(7)16-11)9-4-2-1-3-8(9)13/h1-6H. The van der Waals surface area contributed by atoms with Crippen LogP contribution in [0.2, 0.25) is 5.28 Å². The Kier molecular flexibility index (Phi) is 2.71. The van der Waals surface area contributed by atoms with Gasteiger partial charge in [0.15, 0.2) is 5.65 Å². The van der Waals surface area contributed by atoms with Gasteiger partial charge in [0.25, 0.3) is 0 Å². The smallest absolute Gasteiger partial charge is 0.224 e. The van der Waals surface area contributed by atoms with Gasteiger partial charge in [-0.25, -0.2) is 9.67 Å². The molecule has 17 heavy (non-hydrogen) atoms. The summed E-state index contributed by atoms with van der Waals surface area (Å²) in [5.41, 5.74) is 1.70. The monoisotopic (exact) mass is 356 g/mol. The molecule has 84 valence electrons. The van der Waals surface area contributed by atoms with Gasteiger partial charge in [-0.2, -0.15) is 10.1 Å². The molecule has 6 heteroatoms. The zero-order valence-electron chi connectivity index (χ0n) is 8.51. The Bertz CT molecular complexity index is 695. The number of hydrogen-bond donors (Lipinski definition) is 0. The van der Waals surface area contributed by atoms with Crippen molar-refractivity contribution in [3.63, 3.8) is 0 Å². The molecule has 0 bridgehead atoms. The predicted octanol–water partition coefficient (Wildman–Crippen LogP) is 3.07. The molecule has 0 saturated carbocycles. The summed E-state index contributed by atoms with van der Waals surface area (Å²) in [4.78, 5) is 8.14. The second-order valence-corrected chi connectivity index (χ2v) is 4.93. The van der Waals surface area contributed by atoms with Crippen molar-refractivity contribution in [2.75, 3.05) is 0 Å². The zero-order valence-corrected chi connectivity index (χ0v) is 11.4. The van der Waals surface area contributed by atoms with Crippen molar-refractivity contribution >= 4 is 45.2 Å². The van der Waals surface area contributed by atoms with Crippen molar-refractivity contribution in [3.8, 4) is 5.69 Å². The van der Waals surface area contributed by atoms with Gasteiger partial charge in [-0.1, -0.05) is 12.1 Å². The highest BCUT2D eigenvalue weighted by Gasteiger charge is 2.09. The first-order valence-electron chi connectivity index (χ1n) is 4.87. The van der Waals surface area contributed by atoms with E-state index in [1.807, 2.05) is 24.3 Å². The number of nitrogens with zero attached hydrogens (tertiary/aromatic N) is 4. The fraction of sp³-hybridized carbons (Fsp3) is 0. The number of hydrogen-bond acceptors (Lipinski definition) is 3. The summed E-state index contributed by atoms with van der Waals surface area (Å²) in [6, 6.07) is 7.96. The number of para-hydroxylation sites is 1. The molecule has 0 spiro atoms. The van der Waals surface area contributed by atoms with Crippen LogP contribution < -0.4 is 0 Å². The third-order valence-electron chi connectivity index (χ3n) is 2.36. The quantitative estimate of drug-likeness (QED) is 0.497. The number of fused-ring (bicyclic) bond motifs is 1. The van der Waals surface area contributed by atoms with E-state index in [2.05, 4.69) is 37.7 Å². The van der Waals surface area contributed by atoms with Crippen LogP contribution in [0.5, 0.6) is 0 Å². The number of halogens is 2. The van der Waals surface area contributed by atoms with Crippen molar-refractivity contribution in [2.45, 2.75) is 0 Å². The van der Waals surface area contributed by atoms with E-state index in [0.29, 0.717) is 5.65 Å². The van der Waals surface area contributed by atoms with Crippen molar-refractivity contribution in [1.29, 1.82) is 0 Å². The molecule has 3 rings (SSSR count). The third kappa shape index (κ3) is 1.89. The topological polar surface area (TPSA) is 43.6 Å². The normalized spacial score (nSPS) is 10.9. The maximum Gasteiger partial charge on any atom is 0.224 e. The molecular formula is C11H6ClIN4. The first-order valence-corrected chi connectivity index (χ1v) is 6.32. The van der Waals surface area contributed by atoms with E-state index >= 15 is 0 Å². The highest BCUT2D eigenvalue weighted by molar-refractivity contribution is 14.1. The van der Waals surface area contributed by atoms with Crippen LogP contribution in [-0.2, 0) is 0 Å². The first kappa shape index (κ1) is 10.9. The van der Waals surface area contributed by atoms with Crippen LogP contribution in [-0.4, -0.2) is 19.7 Å². The first-order chi connectivity index (χ1) is 8.25. The van der Waals surface area contributed by atoms with Gasteiger partial charge in [-0.05, 0) is 46.3 Å². The van der Waals surface area contributed by atoms with Crippen molar-refractivity contribution < 1.29 is 0 Å². The molecule has 0 aliphatic rings. The van der Waals surface area contributed by atoms with Crippen LogP contribution in [0, 0.1) is 3.57 Å². The molecule has 0 N–H and O–H groups in total. The second-order valence-electron chi connectivity index (χ2n) is 3.43. The molecule has 0 unspecified atom stereocenters. The lowest BCUT2D eigenvalue weighted by Gasteiger charge is -2.04. The van der Waals surface area contributed by atoms with Crippen molar-refractivity contribution in [3.05, 3.63) is 45.5 Å². The van der Waals surface area contributed by atoms with Gasteiger partial charge in [-0.15, -0.1) is 0 Å². The molecule has 0 amide bonds. The predicted molar refractivity (Wildman–Crippen MR) is 74.4 cm³/mol. The van der Waals surface area contributed by atoms with Gasteiger partial charge >= 0.3 is 0 Å². The Morgan fingerprint density at radius 3 is 2.82 bits per heavy atom. The number of aromatic nitrogens is 4. The molecule has 0 aliphatic heterocycles. The molecule has 0 radical (unpaired) electrons. The summed E-state index contributed by atoms with van der Waals surface area (Å²) in [6.45, 7) is 0. The Morgan fingerprint density at radius 1 is 1.18 bits per heavy atom. The Morgan fingerprint density at radius 2 is 2.00 bits per heavy atom. The van der Waals surface area contributed by atoms with E-state index in [0.717, 1.165) is 14.6 Å². The molecule has 0 saturated heterocycles. The second kappa shape index (κ2) is 4.23. The van der Waals surface area contributed by atoms with E-state index in [4.69, 9.17) is 11.6 Å². The molecule has 1 aromatic carbocycles. The van der Waals surface area contributed by atoms with E-state index in [-0.39, 0.29) is 5.28 Å². The summed E-state index contributed by atoms with van der Waals surface area (Å²) in [6.07, 6.45) is 3.40. The largest absolute Gasteiger partial charge is 0.226 e. The van der Waals surface area contributed by atoms with E-state index in [9.17, 15) is 0 Å². The highest BCUT2D eigenvalue weighted by Crippen LogP contribution is 2.21. The van der Waals surface area contributed by atoms with E-state index < -0.39 is 0 Å². The van der Waals surface area contributed by atoms with Gasteiger partial charge in [0.05, 0.1) is 17.3 Å². The summed E-state index contributed by atoms with van der Waals surface area (Å²) < 4.78 is 2.87. The maximum atomic E-state index is 5.81. The summed E-state index contributed by atoms with van der Waals surface area (Å²) in [7, 11) is 0. The molecule has 3 aromatic rings. The lowest BCUT2D eigenvalue weighted by molar-refractivity contribution is 0.890. The average Bonchev–Trinajstić information content (AvgIpc) is 2.72. The molecule has 0 atom stereocenters. The van der Waals surface area contributed by atoms with Gasteiger partial charge in [0.1, 0.15) is 0 Å². The molecule has 2 aromatic heterocycles. The van der Waals surface area contributed by atoms with Crippen LogP contribution in [0.4, 0.5) is 0 Å². The fourth-order valence-electron chi connectivity index (χ4n) is 1.60. The van der Waals surface area contributed by atoms with Gasteiger partial charge in [-0.3, -0.25) is 0 Å². The third-order valence-corrected chi connectivity index (χ3v) is 3.45. The van der Waals surface area contributed by atoms with E-state index in [1.165, 1.54) is 0 Å². The number of benzene rings is 1. The fourth-order valence-corrected chi connectivity index (χ4v) is 2.34.